The van der Waals surface area contributed by atoms with E-state index in [9.17, 15) is 5.11 Å². The maximum absolute atomic E-state index is 9.70. The summed E-state index contributed by atoms with van der Waals surface area (Å²) in [6.45, 7) is 8.44. The van der Waals surface area contributed by atoms with Crippen molar-refractivity contribution in [2.75, 3.05) is 6.54 Å². The molecule has 0 bridgehead atoms. The van der Waals surface area contributed by atoms with Crippen molar-refractivity contribution in [3.63, 3.8) is 0 Å². The lowest BCUT2D eigenvalue weighted by molar-refractivity contribution is 0.129. The van der Waals surface area contributed by atoms with E-state index in [4.69, 9.17) is 4.52 Å². The van der Waals surface area contributed by atoms with Gasteiger partial charge in [0.2, 0.25) is 0 Å². The van der Waals surface area contributed by atoms with E-state index in [2.05, 4.69) is 10.5 Å². The first-order valence-electron chi connectivity index (χ1n) is 4.75. The molecule has 1 aromatic heterocycles. The summed E-state index contributed by atoms with van der Waals surface area (Å²) < 4.78 is 4.95. The number of hydrogen-bond acceptors (Lipinski definition) is 4. The number of aliphatic hydroxyl groups is 1. The van der Waals surface area contributed by atoms with E-state index in [1.165, 1.54) is 0 Å². The van der Waals surface area contributed by atoms with Gasteiger partial charge in [-0.1, -0.05) is 5.16 Å². The van der Waals surface area contributed by atoms with Crippen molar-refractivity contribution in [1.82, 2.24) is 10.5 Å². The SMILES string of the molecule is Cc1cc(C(O)CNC(C)(C)C)on1. The molecule has 0 saturated heterocycles. The average molecular weight is 198 g/mol. The van der Waals surface area contributed by atoms with Gasteiger partial charge >= 0.3 is 0 Å². The zero-order chi connectivity index (χ0) is 10.8. The summed E-state index contributed by atoms with van der Waals surface area (Å²) in [5.74, 6) is 0.513. The van der Waals surface area contributed by atoms with Crippen LogP contribution in [0.2, 0.25) is 0 Å². The maximum Gasteiger partial charge on any atom is 0.166 e. The van der Waals surface area contributed by atoms with Crippen molar-refractivity contribution < 1.29 is 9.63 Å². The summed E-state index contributed by atoms with van der Waals surface area (Å²) >= 11 is 0. The van der Waals surface area contributed by atoms with Gasteiger partial charge in [0, 0.05) is 18.2 Å². The van der Waals surface area contributed by atoms with Crippen molar-refractivity contribution in [2.24, 2.45) is 0 Å². The second-order valence-electron chi connectivity index (χ2n) is 4.52. The molecule has 1 heterocycles. The lowest BCUT2D eigenvalue weighted by atomic mass is 10.1. The third-order valence-corrected chi connectivity index (χ3v) is 1.80. The van der Waals surface area contributed by atoms with E-state index in [0.717, 1.165) is 5.69 Å². The van der Waals surface area contributed by atoms with Crippen LogP contribution >= 0.6 is 0 Å². The summed E-state index contributed by atoms with van der Waals surface area (Å²) in [6, 6.07) is 1.75. The van der Waals surface area contributed by atoms with E-state index in [1.54, 1.807) is 6.07 Å². The third kappa shape index (κ3) is 3.47. The first-order chi connectivity index (χ1) is 6.38. The second kappa shape index (κ2) is 4.11. The van der Waals surface area contributed by atoms with Crippen LogP contribution in [-0.2, 0) is 0 Å². The van der Waals surface area contributed by atoms with E-state index < -0.39 is 6.10 Å². The molecule has 14 heavy (non-hydrogen) atoms. The van der Waals surface area contributed by atoms with Crippen molar-refractivity contribution in [1.29, 1.82) is 0 Å². The Morgan fingerprint density at radius 3 is 2.64 bits per heavy atom. The molecule has 4 heteroatoms. The molecule has 0 spiro atoms. The Labute approximate surface area is 84.3 Å². The summed E-state index contributed by atoms with van der Waals surface area (Å²) in [4.78, 5) is 0. The Bertz CT molecular complexity index is 289. The van der Waals surface area contributed by atoms with Gasteiger partial charge in [0.25, 0.3) is 0 Å². The Hall–Kier alpha value is -0.870. The zero-order valence-corrected chi connectivity index (χ0v) is 9.16. The van der Waals surface area contributed by atoms with E-state index in [-0.39, 0.29) is 5.54 Å². The van der Waals surface area contributed by atoms with Gasteiger partial charge in [-0.15, -0.1) is 0 Å². The molecule has 0 aliphatic heterocycles. The molecule has 0 aliphatic rings. The number of nitrogens with zero attached hydrogens (tertiary/aromatic N) is 1. The Kier molecular flexibility index (Phi) is 3.29. The van der Waals surface area contributed by atoms with Gasteiger partial charge in [-0.05, 0) is 27.7 Å². The fourth-order valence-corrected chi connectivity index (χ4v) is 1.04. The highest BCUT2D eigenvalue weighted by Crippen LogP contribution is 2.13. The predicted octanol–water partition coefficient (Wildman–Crippen LogP) is 1.40. The largest absolute Gasteiger partial charge is 0.384 e. The predicted molar refractivity (Wildman–Crippen MR) is 54.0 cm³/mol. The molecule has 0 fully saturated rings. The zero-order valence-electron chi connectivity index (χ0n) is 9.16. The van der Waals surface area contributed by atoms with Gasteiger partial charge in [-0.3, -0.25) is 0 Å². The number of nitrogens with one attached hydrogen (secondary N) is 1. The van der Waals surface area contributed by atoms with Gasteiger partial charge in [0.05, 0.1) is 5.69 Å². The van der Waals surface area contributed by atoms with Gasteiger partial charge in [-0.25, -0.2) is 0 Å². The normalized spacial score (nSPS) is 14.4. The first kappa shape index (κ1) is 11.2. The topological polar surface area (TPSA) is 58.3 Å². The number of β-amino-alcohol motifs (C(OH)–C–C–N with tert-alkyl or cyclic N) is 1. The van der Waals surface area contributed by atoms with Crippen molar-refractivity contribution in [2.45, 2.75) is 39.3 Å². The van der Waals surface area contributed by atoms with Crippen LogP contribution in [0.25, 0.3) is 0 Å². The monoisotopic (exact) mass is 198 g/mol. The number of aromatic nitrogens is 1. The highest BCUT2D eigenvalue weighted by molar-refractivity contribution is 5.06. The summed E-state index contributed by atoms with van der Waals surface area (Å²) in [5.41, 5.74) is 0.783. The van der Waals surface area contributed by atoms with Crippen LogP contribution < -0.4 is 5.32 Å². The molecule has 1 atom stereocenters. The molecule has 4 nitrogen and oxygen atoms in total. The van der Waals surface area contributed by atoms with Gasteiger partial charge in [0.15, 0.2) is 5.76 Å². The number of rotatable bonds is 3. The van der Waals surface area contributed by atoms with Crippen molar-refractivity contribution in [3.8, 4) is 0 Å². The Morgan fingerprint density at radius 1 is 1.57 bits per heavy atom. The summed E-state index contributed by atoms with van der Waals surface area (Å²) in [6.07, 6.45) is -0.629. The Morgan fingerprint density at radius 2 is 2.21 bits per heavy atom. The van der Waals surface area contributed by atoms with Crippen LogP contribution in [0.5, 0.6) is 0 Å². The molecular weight excluding hydrogens is 180 g/mol. The molecular formula is C10H18N2O2. The molecule has 1 rings (SSSR count). The van der Waals surface area contributed by atoms with Crippen LogP contribution in [0.15, 0.2) is 10.6 Å². The smallest absolute Gasteiger partial charge is 0.166 e. The van der Waals surface area contributed by atoms with Crippen LogP contribution in [0.3, 0.4) is 0 Å². The summed E-state index contributed by atoms with van der Waals surface area (Å²) in [5, 5.41) is 16.6. The highest BCUT2D eigenvalue weighted by atomic mass is 16.5. The van der Waals surface area contributed by atoms with Crippen LogP contribution in [0, 0.1) is 6.92 Å². The maximum atomic E-state index is 9.70. The quantitative estimate of drug-likeness (QED) is 0.771. The first-order valence-corrected chi connectivity index (χ1v) is 4.75. The van der Waals surface area contributed by atoms with E-state index in [1.807, 2.05) is 27.7 Å². The molecule has 0 saturated carbocycles. The number of hydrogen-bond donors (Lipinski definition) is 2. The molecule has 0 amide bonds. The fourth-order valence-electron chi connectivity index (χ4n) is 1.04. The van der Waals surface area contributed by atoms with E-state index >= 15 is 0 Å². The molecule has 0 aromatic carbocycles. The lowest BCUT2D eigenvalue weighted by Gasteiger charge is -2.21. The van der Waals surface area contributed by atoms with Gasteiger partial charge in [-0.2, -0.15) is 0 Å². The third-order valence-electron chi connectivity index (χ3n) is 1.80. The minimum Gasteiger partial charge on any atom is -0.384 e. The molecule has 0 radical (unpaired) electrons. The minimum absolute atomic E-state index is 0.00392. The number of aliphatic hydroxyl groups excluding tert-OH is 1. The van der Waals surface area contributed by atoms with Gasteiger partial charge in [0.1, 0.15) is 6.10 Å². The second-order valence-corrected chi connectivity index (χ2v) is 4.52. The molecule has 80 valence electrons. The van der Waals surface area contributed by atoms with Crippen LogP contribution in [-0.4, -0.2) is 22.3 Å². The summed E-state index contributed by atoms with van der Waals surface area (Å²) in [7, 11) is 0. The fraction of sp³-hybridized carbons (Fsp3) is 0.700. The van der Waals surface area contributed by atoms with Crippen molar-refractivity contribution >= 4 is 0 Å². The van der Waals surface area contributed by atoms with Crippen LogP contribution in [0.4, 0.5) is 0 Å². The Balaban J connectivity index is 2.47. The molecule has 1 unspecified atom stereocenters. The highest BCUT2D eigenvalue weighted by Gasteiger charge is 2.16. The average Bonchev–Trinajstić information content (AvgIpc) is 2.46. The molecule has 2 N–H and O–H groups in total. The van der Waals surface area contributed by atoms with Gasteiger partial charge < -0.3 is 14.9 Å². The standard InChI is InChI=1S/C10H18N2O2/c1-7-5-9(14-12-7)8(13)6-11-10(2,3)4/h5,8,11,13H,6H2,1-4H3. The lowest BCUT2D eigenvalue weighted by Crippen LogP contribution is -2.38. The van der Waals surface area contributed by atoms with Crippen molar-refractivity contribution in [3.05, 3.63) is 17.5 Å². The number of aryl methyl sites for hydroxylation is 1. The molecule has 0 aliphatic carbocycles. The van der Waals surface area contributed by atoms with Crippen LogP contribution in [0.1, 0.15) is 38.3 Å². The minimum atomic E-state index is -0.629. The molecule has 1 aromatic rings. The van der Waals surface area contributed by atoms with E-state index in [0.29, 0.717) is 12.3 Å².